The lowest BCUT2D eigenvalue weighted by Gasteiger charge is -2.36. The number of hydrogen-bond acceptors (Lipinski definition) is 4. The van der Waals surface area contributed by atoms with E-state index >= 15 is 0 Å². The summed E-state index contributed by atoms with van der Waals surface area (Å²) < 4.78 is 0. The van der Waals surface area contributed by atoms with Crippen molar-refractivity contribution in [3.05, 3.63) is 16.1 Å². The van der Waals surface area contributed by atoms with E-state index < -0.39 is 0 Å². The quantitative estimate of drug-likeness (QED) is 0.634. The standard InChI is InChI=1S/C18H31N5S/c1-3-19-18(21-13-17-20-12-14(2)24-17)22-15-8-10-23(11-9-15)16-6-4-5-7-16/h12,15-16H,3-11,13H2,1-2H3,(H2,19,21,22). The van der Waals surface area contributed by atoms with Crippen molar-refractivity contribution in [3.63, 3.8) is 0 Å². The summed E-state index contributed by atoms with van der Waals surface area (Å²) in [5, 5.41) is 8.09. The van der Waals surface area contributed by atoms with Crippen LogP contribution in [0.5, 0.6) is 0 Å². The number of guanidine groups is 1. The van der Waals surface area contributed by atoms with Crippen LogP contribution >= 0.6 is 11.3 Å². The van der Waals surface area contributed by atoms with Crippen LogP contribution in [-0.4, -0.2) is 47.6 Å². The van der Waals surface area contributed by atoms with Gasteiger partial charge in [0.2, 0.25) is 0 Å². The maximum absolute atomic E-state index is 4.72. The van der Waals surface area contributed by atoms with Crippen LogP contribution in [0.3, 0.4) is 0 Å². The number of rotatable bonds is 5. The van der Waals surface area contributed by atoms with Crippen LogP contribution in [0.15, 0.2) is 11.2 Å². The first-order valence-corrected chi connectivity index (χ1v) is 10.3. The van der Waals surface area contributed by atoms with Crippen molar-refractivity contribution in [1.82, 2.24) is 20.5 Å². The zero-order valence-electron chi connectivity index (χ0n) is 15.1. The molecule has 0 spiro atoms. The molecule has 1 saturated carbocycles. The van der Waals surface area contributed by atoms with Crippen LogP contribution < -0.4 is 10.6 Å². The van der Waals surface area contributed by atoms with Crippen molar-refractivity contribution in [1.29, 1.82) is 0 Å². The van der Waals surface area contributed by atoms with Gasteiger partial charge >= 0.3 is 0 Å². The second-order valence-corrected chi connectivity index (χ2v) is 8.27. The summed E-state index contributed by atoms with van der Waals surface area (Å²) in [6.45, 7) is 8.22. The molecule has 0 aromatic carbocycles. The first-order valence-electron chi connectivity index (χ1n) is 9.45. The molecule has 0 atom stereocenters. The van der Waals surface area contributed by atoms with Gasteiger partial charge in [0.25, 0.3) is 0 Å². The second kappa shape index (κ2) is 8.81. The van der Waals surface area contributed by atoms with Gasteiger partial charge in [0.05, 0.1) is 6.54 Å². The van der Waals surface area contributed by atoms with Crippen molar-refractivity contribution in [2.75, 3.05) is 19.6 Å². The highest BCUT2D eigenvalue weighted by Crippen LogP contribution is 2.26. The second-order valence-electron chi connectivity index (χ2n) is 6.95. The van der Waals surface area contributed by atoms with E-state index in [1.165, 1.54) is 56.5 Å². The Morgan fingerprint density at radius 1 is 1.29 bits per heavy atom. The zero-order chi connectivity index (χ0) is 16.8. The maximum Gasteiger partial charge on any atom is 0.191 e. The molecular formula is C18H31N5S. The smallest absolute Gasteiger partial charge is 0.191 e. The highest BCUT2D eigenvalue weighted by Gasteiger charge is 2.27. The lowest BCUT2D eigenvalue weighted by molar-refractivity contribution is 0.150. The van der Waals surface area contributed by atoms with Crippen LogP contribution in [0.1, 0.15) is 55.3 Å². The number of aromatic nitrogens is 1. The van der Waals surface area contributed by atoms with Crippen molar-refractivity contribution < 1.29 is 0 Å². The number of piperidine rings is 1. The summed E-state index contributed by atoms with van der Waals surface area (Å²) in [7, 11) is 0. The number of hydrogen-bond donors (Lipinski definition) is 2. The summed E-state index contributed by atoms with van der Waals surface area (Å²) >= 11 is 1.73. The SMILES string of the molecule is CCNC(=NCc1ncc(C)s1)NC1CCN(C2CCCC2)CC1. The van der Waals surface area contributed by atoms with Crippen molar-refractivity contribution in [2.24, 2.45) is 4.99 Å². The molecule has 2 aliphatic rings. The average molecular weight is 350 g/mol. The molecule has 0 bridgehead atoms. The van der Waals surface area contributed by atoms with Crippen LogP contribution in [0.25, 0.3) is 0 Å². The number of aryl methyl sites for hydroxylation is 1. The molecular weight excluding hydrogens is 318 g/mol. The Bertz CT molecular complexity index is 527. The minimum atomic E-state index is 0.540. The van der Waals surface area contributed by atoms with E-state index in [0.29, 0.717) is 12.6 Å². The van der Waals surface area contributed by atoms with E-state index in [9.17, 15) is 0 Å². The molecule has 1 aliphatic heterocycles. The average Bonchev–Trinajstić information content (AvgIpc) is 3.25. The Labute approximate surface area is 150 Å². The van der Waals surface area contributed by atoms with Gasteiger partial charge in [0, 0.05) is 42.8 Å². The molecule has 2 N–H and O–H groups in total. The lowest BCUT2D eigenvalue weighted by Crippen LogP contribution is -2.50. The fraction of sp³-hybridized carbons (Fsp3) is 0.778. The van der Waals surface area contributed by atoms with Gasteiger partial charge in [0.1, 0.15) is 5.01 Å². The van der Waals surface area contributed by atoms with Crippen LogP contribution in [0.4, 0.5) is 0 Å². The number of thiazole rings is 1. The fourth-order valence-electron chi connectivity index (χ4n) is 3.81. The van der Waals surface area contributed by atoms with Crippen LogP contribution in [-0.2, 0) is 6.54 Å². The number of aliphatic imine (C=N–C) groups is 1. The summed E-state index contributed by atoms with van der Waals surface area (Å²) in [5.41, 5.74) is 0. The molecule has 1 saturated heterocycles. The maximum atomic E-state index is 4.72. The van der Waals surface area contributed by atoms with Crippen molar-refractivity contribution >= 4 is 17.3 Å². The number of nitrogens with one attached hydrogen (secondary N) is 2. The van der Waals surface area contributed by atoms with Gasteiger partial charge in [-0.3, -0.25) is 0 Å². The first-order chi connectivity index (χ1) is 11.7. The highest BCUT2D eigenvalue weighted by atomic mass is 32.1. The van der Waals surface area contributed by atoms with Gasteiger partial charge in [-0.05, 0) is 39.5 Å². The molecule has 0 unspecified atom stereocenters. The number of likely N-dealkylation sites (tertiary alicyclic amines) is 1. The van der Waals surface area contributed by atoms with Crippen LogP contribution in [0.2, 0.25) is 0 Å². The lowest BCUT2D eigenvalue weighted by atomic mass is 10.0. The molecule has 1 aromatic rings. The highest BCUT2D eigenvalue weighted by molar-refractivity contribution is 7.11. The Kier molecular flexibility index (Phi) is 6.49. The predicted molar refractivity (Wildman–Crippen MR) is 102 cm³/mol. The Morgan fingerprint density at radius 3 is 2.67 bits per heavy atom. The minimum Gasteiger partial charge on any atom is -0.357 e. The van der Waals surface area contributed by atoms with Gasteiger partial charge in [0.15, 0.2) is 5.96 Å². The van der Waals surface area contributed by atoms with Crippen molar-refractivity contribution in [2.45, 2.75) is 71.0 Å². The van der Waals surface area contributed by atoms with E-state index in [4.69, 9.17) is 4.99 Å². The molecule has 1 aliphatic carbocycles. The molecule has 0 amide bonds. The molecule has 2 fully saturated rings. The van der Waals surface area contributed by atoms with Crippen LogP contribution in [0, 0.1) is 6.92 Å². The first kappa shape index (κ1) is 17.7. The minimum absolute atomic E-state index is 0.540. The van der Waals surface area contributed by atoms with Gasteiger partial charge in [-0.2, -0.15) is 0 Å². The molecule has 5 nitrogen and oxygen atoms in total. The molecule has 2 heterocycles. The van der Waals surface area contributed by atoms with E-state index in [1.54, 1.807) is 11.3 Å². The van der Waals surface area contributed by atoms with E-state index in [1.807, 2.05) is 6.20 Å². The largest absolute Gasteiger partial charge is 0.357 e. The Balaban J connectivity index is 1.48. The molecule has 134 valence electrons. The van der Waals surface area contributed by atoms with E-state index in [0.717, 1.165) is 23.6 Å². The summed E-state index contributed by atoms with van der Waals surface area (Å²) in [6.07, 6.45) is 10.0. The molecule has 24 heavy (non-hydrogen) atoms. The molecule has 6 heteroatoms. The molecule has 1 aromatic heterocycles. The third-order valence-corrected chi connectivity index (χ3v) is 5.99. The predicted octanol–water partition coefficient (Wildman–Crippen LogP) is 2.91. The summed E-state index contributed by atoms with van der Waals surface area (Å²) in [4.78, 5) is 13.1. The topological polar surface area (TPSA) is 52.6 Å². The van der Waals surface area contributed by atoms with E-state index in [-0.39, 0.29) is 0 Å². The molecule has 0 radical (unpaired) electrons. The monoisotopic (exact) mass is 349 g/mol. The third kappa shape index (κ3) is 4.93. The normalized spacial score (nSPS) is 21.3. The van der Waals surface area contributed by atoms with Gasteiger partial charge in [-0.25, -0.2) is 9.98 Å². The third-order valence-electron chi connectivity index (χ3n) is 5.10. The van der Waals surface area contributed by atoms with Gasteiger partial charge < -0.3 is 15.5 Å². The summed E-state index contributed by atoms with van der Waals surface area (Å²) in [5.74, 6) is 0.935. The zero-order valence-corrected chi connectivity index (χ0v) is 15.9. The van der Waals surface area contributed by atoms with Gasteiger partial charge in [-0.1, -0.05) is 12.8 Å². The fourth-order valence-corrected chi connectivity index (χ4v) is 4.52. The number of nitrogens with zero attached hydrogens (tertiary/aromatic N) is 3. The van der Waals surface area contributed by atoms with Gasteiger partial charge in [-0.15, -0.1) is 11.3 Å². The molecule has 3 rings (SSSR count). The summed E-state index contributed by atoms with van der Waals surface area (Å²) in [6, 6.07) is 1.40. The van der Waals surface area contributed by atoms with Crippen molar-refractivity contribution in [3.8, 4) is 0 Å². The Morgan fingerprint density at radius 2 is 2.04 bits per heavy atom. The van der Waals surface area contributed by atoms with E-state index in [2.05, 4.69) is 34.4 Å². The Hall–Kier alpha value is -1.14.